The van der Waals surface area contributed by atoms with Crippen LogP contribution in [0.4, 0.5) is 11.4 Å². The summed E-state index contributed by atoms with van der Waals surface area (Å²) in [7, 11) is 0. The lowest BCUT2D eigenvalue weighted by Gasteiger charge is -2.32. The smallest absolute Gasteiger partial charge is 0.234 e. The maximum absolute atomic E-state index is 13.0. The van der Waals surface area contributed by atoms with Crippen molar-refractivity contribution in [3.05, 3.63) is 48.0 Å². The molecule has 1 fully saturated rings. The van der Waals surface area contributed by atoms with Gasteiger partial charge in [-0.1, -0.05) is 13.0 Å². The zero-order chi connectivity index (χ0) is 20.4. The Labute approximate surface area is 173 Å². The number of carbonyl (C=O) groups is 1. The van der Waals surface area contributed by atoms with Crippen molar-refractivity contribution in [3.8, 4) is 11.5 Å². The molecule has 5 heteroatoms. The van der Waals surface area contributed by atoms with Crippen LogP contribution in [0, 0.1) is 5.92 Å². The normalized spacial score (nSPS) is 17.1. The molecule has 2 heterocycles. The number of ether oxygens (including phenoxy) is 2. The first-order chi connectivity index (χ1) is 13.9. The molecule has 0 radical (unpaired) electrons. The Bertz CT molecular complexity index is 868. The predicted octanol–water partition coefficient (Wildman–Crippen LogP) is 4.61. The number of amides is 1. The fourth-order valence-electron chi connectivity index (χ4n) is 3.87. The zero-order valence-corrected chi connectivity index (χ0v) is 17.5. The molecule has 5 nitrogen and oxygen atoms in total. The Morgan fingerprint density at radius 2 is 1.66 bits per heavy atom. The third kappa shape index (κ3) is 4.19. The second kappa shape index (κ2) is 7.97. The van der Waals surface area contributed by atoms with E-state index in [2.05, 4.69) is 29.3 Å². The molecule has 1 amide bonds. The Morgan fingerprint density at radius 3 is 2.34 bits per heavy atom. The molecule has 0 saturated carbocycles. The lowest BCUT2D eigenvalue weighted by molar-refractivity contribution is -0.120. The van der Waals surface area contributed by atoms with Gasteiger partial charge in [-0.2, -0.15) is 0 Å². The SMILES string of the molecule is CC1CCN(c2ccc(NC(=O)C(C)(C)c3ccc4c(c3)OCCO4)cc2)CC1. The summed E-state index contributed by atoms with van der Waals surface area (Å²) in [5, 5.41) is 3.07. The maximum atomic E-state index is 13.0. The van der Waals surface area contributed by atoms with Gasteiger partial charge in [0.05, 0.1) is 5.41 Å². The predicted molar refractivity (Wildman–Crippen MR) is 116 cm³/mol. The number of rotatable bonds is 4. The highest BCUT2D eigenvalue weighted by molar-refractivity contribution is 5.98. The average Bonchev–Trinajstić information content (AvgIpc) is 2.74. The zero-order valence-electron chi connectivity index (χ0n) is 17.5. The number of nitrogens with zero attached hydrogens (tertiary/aromatic N) is 1. The Morgan fingerprint density at radius 1 is 1.00 bits per heavy atom. The van der Waals surface area contributed by atoms with Crippen molar-refractivity contribution in [2.75, 3.05) is 36.5 Å². The van der Waals surface area contributed by atoms with Crippen molar-refractivity contribution in [1.29, 1.82) is 0 Å². The molecular formula is C24H30N2O3. The first-order valence-electron chi connectivity index (χ1n) is 10.5. The Balaban J connectivity index is 1.44. The van der Waals surface area contributed by atoms with Gasteiger partial charge in [0, 0.05) is 24.5 Å². The van der Waals surface area contributed by atoms with Crippen LogP contribution in [0.1, 0.15) is 39.2 Å². The summed E-state index contributed by atoms with van der Waals surface area (Å²) in [6.45, 7) is 9.47. The van der Waals surface area contributed by atoms with Gasteiger partial charge in [0.25, 0.3) is 0 Å². The molecule has 2 aliphatic rings. The summed E-state index contributed by atoms with van der Waals surface area (Å²) in [5.74, 6) is 2.20. The van der Waals surface area contributed by atoms with Gasteiger partial charge < -0.3 is 19.7 Å². The van der Waals surface area contributed by atoms with Gasteiger partial charge in [-0.3, -0.25) is 4.79 Å². The number of piperidine rings is 1. The number of anilines is 2. The number of hydrogen-bond donors (Lipinski definition) is 1. The van der Waals surface area contributed by atoms with Gasteiger partial charge in [-0.05, 0) is 74.6 Å². The molecule has 0 unspecified atom stereocenters. The minimum Gasteiger partial charge on any atom is -0.486 e. The lowest BCUT2D eigenvalue weighted by Crippen LogP contribution is -2.35. The largest absolute Gasteiger partial charge is 0.486 e. The van der Waals surface area contributed by atoms with E-state index in [1.807, 2.05) is 44.2 Å². The molecule has 0 aromatic heterocycles. The molecule has 29 heavy (non-hydrogen) atoms. The van der Waals surface area contributed by atoms with E-state index in [0.29, 0.717) is 19.0 Å². The Hall–Kier alpha value is -2.69. The van der Waals surface area contributed by atoms with E-state index < -0.39 is 5.41 Å². The van der Waals surface area contributed by atoms with Crippen LogP contribution in [0.5, 0.6) is 11.5 Å². The molecule has 154 valence electrons. The molecule has 2 aromatic rings. The molecule has 1 N–H and O–H groups in total. The molecule has 1 saturated heterocycles. The van der Waals surface area contributed by atoms with E-state index >= 15 is 0 Å². The summed E-state index contributed by atoms with van der Waals surface area (Å²) in [6.07, 6.45) is 2.48. The van der Waals surface area contributed by atoms with Crippen molar-refractivity contribution in [3.63, 3.8) is 0 Å². The number of fused-ring (bicyclic) bond motifs is 1. The molecule has 4 rings (SSSR count). The third-order valence-electron chi connectivity index (χ3n) is 6.11. The van der Waals surface area contributed by atoms with Crippen LogP contribution in [-0.2, 0) is 10.2 Å². The summed E-state index contributed by atoms with van der Waals surface area (Å²) >= 11 is 0. The van der Waals surface area contributed by atoms with Gasteiger partial charge in [-0.15, -0.1) is 0 Å². The molecule has 0 spiro atoms. The van der Waals surface area contributed by atoms with Gasteiger partial charge in [-0.25, -0.2) is 0 Å². The molecule has 0 atom stereocenters. The topological polar surface area (TPSA) is 50.8 Å². The minimum absolute atomic E-state index is 0.0475. The molecule has 0 aliphatic carbocycles. The van der Waals surface area contributed by atoms with Crippen LogP contribution < -0.4 is 19.7 Å². The van der Waals surface area contributed by atoms with Crippen LogP contribution in [0.15, 0.2) is 42.5 Å². The van der Waals surface area contributed by atoms with Crippen molar-refractivity contribution in [2.24, 2.45) is 5.92 Å². The van der Waals surface area contributed by atoms with E-state index in [1.54, 1.807) is 0 Å². The number of benzene rings is 2. The first-order valence-corrected chi connectivity index (χ1v) is 10.5. The summed E-state index contributed by atoms with van der Waals surface area (Å²) in [6, 6.07) is 13.9. The number of carbonyl (C=O) groups excluding carboxylic acids is 1. The van der Waals surface area contributed by atoms with Crippen molar-refractivity contribution in [2.45, 2.75) is 39.0 Å². The number of nitrogens with one attached hydrogen (secondary N) is 1. The highest BCUT2D eigenvalue weighted by Crippen LogP contribution is 2.35. The fourth-order valence-corrected chi connectivity index (χ4v) is 3.87. The van der Waals surface area contributed by atoms with Gasteiger partial charge in [0.15, 0.2) is 11.5 Å². The minimum atomic E-state index is -0.697. The second-order valence-corrected chi connectivity index (χ2v) is 8.65. The maximum Gasteiger partial charge on any atom is 0.234 e. The van der Waals surface area contributed by atoms with Crippen LogP contribution in [0.2, 0.25) is 0 Å². The average molecular weight is 395 g/mol. The first kappa shape index (κ1) is 19.6. The van der Waals surface area contributed by atoms with Gasteiger partial charge in [0.2, 0.25) is 5.91 Å². The molecular weight excluding hydrogens is 364 g/mol. The molecule has 0 bridgehead atoms. The quantitative estimate of drug-likeness (QED) is 0.823. The van der Waals surface area contributed by atoms with E-state index in [9.17, 15) is 4.79 Å². The highest BCUT2D eigenvalue weighted by Gasteiger charge is 2.31. The van der Waals surface area contributed by atoms with Crippen LogP contribution in [-0.4, -0.2) is 32.2 Å². The monoisotopic (exact) mass is 394 g/mol. The molecule has 2 aliphatic heterocycles. The standard InChI is InChI=1S/C24H30N2O3/c1-17-10-12-26(13-11-17)20-7-5-19(6-8-20)25-23(27)24(2,3)18-4-9-21-22(16-18)29-15-14-28-21/h4-9,16-17H,10-15H2,1-3H3,(H,25,27). The summed E-state index contributed by atoms with van der Waals surface area (Å²) in [5.41, 5.74) is 2.24. The second-order valence-electron chi connectivity index (χ2n) is 8.65. The fraction of sp³-hybridized carbons (Fsp3) is 0.458. The van der Waals surface area contributed by atoms with E-state index in [1.165, 1.54) is 18.5 Å². The highest BCUT2D eigenvalue weighted by atomic mass is 16.6. The van der Waals surface area contributed by atoms with E-state index in [-0.39, 0.29) is 5.91 Å². The van der Waals surface area contributed by atoms with Crippen LogP contribution in [0.25, 0.3) is 0 Å². The summed E-state index contributed by atoms with van der Waals surface area (Å²) in [4.78, 5) is 15.5. The van der Waals surface area contributed by atoms with E-state index in [0.717, 1.165) is 36.0 Å². The Kier molecular flexibility index (Phi) is 5.39. The summed E-state index contributed by atoms with van der Waals surface area (Å²) < 4.78 is 11.3. The van der Waals surface area contributed by atoms with Crippen molar-refractivity contribution in [1.82, 2.24) is 0 Å². The molecule has 2 aromatic carbocycles. The van der Waals surface area contributed by atoms with Gasteiger partial charge in [0.1, 0.15) is 13.2 Å². The third-order valence-corrected chi connectivity index (χ3v) is 6.11. The van der Waals surface area contributed by atoms with Crippen molar-refractivity contribution < 1.29 is 14.3 Å². The van der Waals surface area contributed by atoms with Crippen molar-refractivity contribution >= 4 is 17.3 Å². The van der Waals surface area contributed by atoms with E-state index in [4.69, 9.17) is 9.47 Å². The van der Waals surface area contributed by atoms with Crippen LogP contribution in [0.3, 0.4) is 0 Å². The van der Waals surface area contributed by atoms with Gasteiger partial charge >= 0.3 is 0 Å². The number of hydrogen-bond acceptors (Lipinski definition) is 4. The van der Waals surface area contributed by atoms with Crippen LogP contribution >= 0.6 is 0 Å². The lowest BCUT2D eigenvalue weighted by atomic mass is 9.83.